The van der Waals surface area contributed by atoms with E-state index in [9.17, 15) is 9.59 Å². The van der Waals surface area contributed by atoms with Gasteiger partial charge in [-0.2, -0.15) is 0 Å². The first-order chi connectivity index (χ1) is 13.0. The van der Waals surface area contributed by atoms with Gasteiger partial charge < -0.3 is 15.2 Å². The van der Waals surface area contributed by atoms with Gasteiger partial charge in [-0.1, -0.05) is 51.4 Å². The Morgan fingerprint density at radius 1 is 1.11 bits per heavy atom. The zero-order chi connectivity index (χ0) is 19.2. The first-order valence-electron chi connectivity index (χ1n) is 8.36. The minimum Gasteiger partial charge on any atom is -0.360 e. The van der Waals surface area contributed by atoms with Gasteiger partial charge in [-0.25, -0.2) is 0 Å². The highest BCUT2D eigenvalue weighted by Crippen LogP contribution is 2.13. The topological polar surface area (TPSA) is 84.2 Å². The highest BCUT2D eigenvalue weighted by Gasteiger charge is 2.23. The van der Waals surface area contributed by atoms with Crippen LogP contribution in [-0.2, 0) is 11.2 Å². The first kappa shape index (κ1) is 18.8. The van der Waals surface area contributed by atoms with Crippen molar-refractivity contribution in [2.24, 2.45) is 0 Å². The molecule has 2 amide bonds. The zero-order valence-corrected chi connectivity index (χ0v) is 16.2. The maximum Gasteiger partial charge on any atom is 0.251 e. The SMILES string of the molecule is Cc1cc(NC(=O)[C@H](Cc2ccccc2)NC(=O)c2ccc(Br)cc2)no1. The largest absolute Gasteiger partial charge is 0.360 e. The molecule has 1 atom stereocenters. The van der Waals surface area contributed by atoms with E-state index in [0.717, 1.165) is 10.0 Å². The van der Waals surface area contributed by atoms with E-state index in [1.165, 1.54) is 0 Å². The minimum atomic E-state index is -0.763. The maximum absolute atomic E-state index is 12.7. The van der Waals surface area contributed by atoms with Gasteiger partial charge in [0, 0.05) is 22.5 Å². The molecule has 1 heterocycles. The predicted octanol–water partition coefficient (Wildman–Crippen LogP) is 3.73. The van der Waals surface area contributed by atoms with Crippen LogP contribution in [0.1, 0.15) is 21.7 Å². The molecule has 6 nitrogen and oxygen atoms in total. The second-order valence-corrected chi connectivity index (χ2v) is 6.95. The van der Waals surface area contributed by atoms with Crippen molar-refractivity contribution in [3.05, 3.63) is 82.0 Å². The van der Waals surface area contributed by atoms with E-state index >= 15 is 0 Å². The lowest BCUT2D eigenvalue weighted by molar-refractivity contribution is -0.118. The molecule has 0 bridgehead atoms. The van der Waals surface area contributed by atoms with Gasteiger partial charge in [-0.3, -0.25) is 9.59 Å². The smallest absolute Gasteiger partial charge is 0.251 e. The Balaban J connectivity index is 1.76. The Bertz CT molecular complexity index is 923. The lowest BCUT2D eigenvalue weighted by Gasteiger charge is -2.18. The van der Waals surface area contributed by atoms with E-state index in [-0.39, 0.29) is 11.8 Å². The average Bonchev–Trinajstić information content (AvgIpc) is 3.07. The highest BCUT2D eigenvalue weighted by atomic mass is 79.9. The Morgan fingerprint density at radius 2 is 1.81 bits per heavy atom. The van der Waals surface area contributed by atoms with Gasteiger partial charge in [0.1, 0.15) is 11.8 Å². The number of carbonyl (C=O) groups excluding carboxylic acids is 2. The zero-order valence-electron chi connectivity index (χ0n) is 14.6. The second kappa shape index (κ2) is 8.64. The summed E-state index contributed by atoms with van der Waals surface area (Å²) in [5.41, 5.74) is 1.41. The van der Waals surface area contributed by atoms with Gasteiger partial charge in [0.15, 0.2) is 5.82 Å². The number of anilines is 1. The van der Waals surface area contributed by atoms with Crippen LogP contribution < -0.4 is 10.6 Å². The molecule has 2 N–H and O–H groups in total. The summed E-state index contributed by atoms with van der Waals surface area (Å²) in [5.74, 6) is 0.213. The van der Waals surface area contributed by atoms with Crippen molar-refractivity contribution in [1.82, 2.24) is 10.5 Å². The number of benzene rings is 2. The van der Waals surface area contributed by atoms with Crippen molar-refractivity contribution in [3.8, 4) is 0 Å². The molecule has 138 valence electrons. The average molecular weight is 428 g/mol. The first-order valence-corrected chi connectivity index (χ1v) is 9.15. The van der Waals surface area contributed by atoms with Crippen LogP contribution in [0.2, 0.25) is 0 Å². The number of nitrogens with one attached hydrogen (secondary N) is 2. The highest BCUT2D eigenvalue weighted by molar-refractivity contribution is 9.10. The summed E-state index contributed by atoms with van der Waals surface area (Å²) in [7, 11) is 0. The van der Waals surface area contributed by atoms with Crippen LogP contribution in [0, 0.1) is 6.92 Å². The number of hydrogen-bond donors (Lipinski definition) is 2. The van der Waals surface area contributed by atoms with E-state index in [0.29, 0.717) is 23.6 Å². The van der Waals surface area contributed by atoms with Crippen LogP contribution in [0.25, 0.3) is 0 Å². The van der Waals surface area contributed by atoms with Crippen LogP contribution in [0.15, 0.2) is 69.7 Å². The third kappa shape index (κ3) is 5.27. The van der Waals surface area contributed by atoms with Crippen LogP contribution in [-0.4, -0.2) is 23.0 Å². The molecule has 0 spiro atoms. The number of carbonyl (C=O) groups is 2. The van der Waals surface area contributed by atoms with Crippen LogP contribution in [0.4, 0.5) is 5.82 Å². The van der Waals surface area contributed by atoms with E-state index in [4.69, 9.17) is 4.52 Å². The summed E-state index contributed by atoms with van der Waals surface area (Å²) in [4.78, 5) is 25.3. The van der Waals surface area contributed by atoms with Crippen LogP contribution in [0.3, 0.4) is 0 Å². The lowest BCUT2D eigenvalue weighted by atomic mass is 10.0. The summed E-state index contributed by atoms with van der Waals surface area (Å²) in [6, 6.07) is 17.3. The van der Waals surface area contributed by atoms with Crippen molar-refractivity contribution in [1.29, 1.82) is 0 Å². The Kier molecular flexibility index (Phi) is 6.03. The molecular weight excluding hydrogens is 410 g/mol. The molecule has 0 aliphatic heterocycles. The second-order valence-electron chi connectivity index (χ2n) is 6.03. The van der Waals surface area contributed by atoms with Gasteiger partial charge in [-0.05, 0) is 36.8 Å². The Hall–Kier alpha value is -2.93. The fourth-order valence-corrected chi connectivity index (χ4v) is 2.80. The van der Waals surface area contributed by atoms with Gasteiger partial charge in [0.25, 0.3) is 5.91 Å². The molecule has 7 heteroatoms. The van der Waals surface area contributed by atoms with Crippen molar-refractivity contribution < 1.29 is 14.1 Å². The Labute approximate surface area is 165 Å². The van der Waals surface area contributed by atoms with E-state index < -0.39 is 6.04 Å². The summed E-state index contributed by atoms with van der Waals surface area (Å²) < 4.78 is 5.84. The lowest BCUT2D eigenvalue weighted by Crippen LogP contribution is -2.45. The number of rotatable bonds is 6. The summed E-state index contributed by atoms with van der Waals surface area (Å²) in [6.45, 7) is 1.74. The molecule has 1 aromatic heterocycles. The molecule has 3 aromatic rings. The summed E-state index contributed by atoms with van der Waals surface area (Å²) in [6.07, 6.45) is 0.353. The van der Waals surface area contributed by atoms with E-state index in [1.807, 2.05) is 30.3 Å². The Morgan fingerprint density at radius 3 is 2.44 bits per heavy atom. The molecule has 0 radical (unpaired) electrons. The van der Waals surface area contributed by atoms with Crippen molar-refractivity contribution >= 4 is 33.6 Å². The summed E-state index contributed by atoms with van der Waals surface area (Å²) >= 11 is 3.34. The van der Waals surface area contributed by atoms with Crippen molar-refractivity contribution in [2.45, 2.75) is 19.4 Å². The molecule has 3 rings (SSSR count). The van der Waals surface area contributed by atoms with E-state index in [2.05, 4.69) is 31.7 Å². The molecule has 0 fully saturated rings. The third-order valence-electron chi connectivity index (χ3n) is 3.89. The predicted molar refractivity (Wildman–Crippen MR) is 105 cm³/mol. The number of hydrogen-bond acceptors (Lipinski definition) is 4. The molecule has 0 saturated heterocycles. The third-order valence-corrected chi connectivity index (χ3v) is 4.42. The van der Waals surface area contributed by atoms with Gasteiger partial charge in [-0.15, -0.1) is 0 Å². The van der Waals surface area contributed by atoms with Crippen molar-refractivity contribution in [2.75, 3.05) is 5.32 Å². The molecule has 0 aliphatic carbocycles. The molecular formula is C20H18BrN3O3. The van der Waals surface area contributed by atoms with Crippen LogP contribution in [0.5, 0.6) is 0 Å². The number of halogens is 1. The van der Waals surface area contributed by atoms with Gasteiger partial charge in [0.2, 0.25) is 5.91 Å². The molecule has 0 aliphatic rings. The van der Waals surface area contributed by atoms with Crippen LogP contribution >= 0.6 is 15.9 Å². The molecule has 27 heavy (non-hydrogen) atoms. The molecule has 0 unspecified atom stereocenters. The monoisotopic (exact) mass is 427 g/mol. The number of amides is 2. The normalized spacial score (nSPS) is 11.6. The number of nitrogens with zero attached hydrogens (tertiary/aromatic N) is 1. The number of aromatic nitrogens is 1. The number of aryl methyl sites for hydroxylation is 1. The fraction of sp³-hybridized carbons (Fsp3) is 0.150. The quantitative estimate of drug-likeness (QED) is 0.627. The molecule has 2 aromatic carbocycles. The fourth-order valence-electron chi connectivity index (χ4n) is 2.54. The maximum atomic E-state index is 12.7. The minimum absolute atomic E-state index is 0.313. The van der Waals surface area contributed by atoms with Crippen molar-refractivity contribution in [3.63, 3.8) is 0 Å². The standard InChI is InChI=1S/C20H18BrN3O3/c1-13-11-18(24-27-13)23-20(26)17(12-14-5-3-2-4-6-14)22-19(25)15-7-9-16(21)10-8-15/h2-11,17H,12H2,1H3,(H,22,25)(H,23,24,26)/t17-/m0/s1. The van der Waals surface area contributed by atoms with E-state index in [1.54, 1.807) is 37.3 Å². The molecule has 0 saturated carbocycles. The summed E-state index contributed by atoms with van der Waals surface area (Å²) in [5, 5.41) is 9.25. The van der Waals surface area contributed by atoms with Gasteiger partial charge >= 0.3 is 0 Å². The van der Waals surface area contributed by atoms with Gasteiger partial charge in [0.05, 0.1) is 0 Å².